The van der Waals surface area contributed by atoms with Crippen molar-refractivity contribution in [1.82, 2.24) is 4.90 Å². The van der Waals surface area contributed by atoms with E-state index in [-0.39, 0.29) is 17.4 Å². The standard InChI is InChI=1S/C28H35N3O4/c1-27(2,3)35-26(33)30-16-13-28(19-30)12-15-29(18-28)21-5-7-22(8-6-21)31-14-11-20-17-23(34-4)9-10-24(20)25(31)32/h5-10,17H,11-16,18-19H2,1-4H3/t28-/m0/s1. The molecule has 3 aliphatic rings. The van der Waals surface area contributed by atoms with Crippen LogP contribution >= 0.6 is 0 Å². The van der Waals surface area contributed by atoms with Gasteiger partial charge in [-0.3, -0.25) is 4.79 Å². The molecule has 0 bridgehead atoms. The minimum absolute atomic E-state index is 0.0370. The van der Waals surface area contributed by atoms with E-state index in [0.717, 1.165) is 73.7 Å². The molecule has 2 saturated heterocycles. The fourth-order valence-corrected chi connectivity index (χ4v) is 5.59. The number of hydrogen-bond donors (Lipinski definition) is 0. The lowest BCUT2D eigenvalue weighted by Crippen LogP contribution is -2.38. The first-order chi connectivity index (χ1) is 16.7. The van der Waals surface area contributed by atoms with Gasteiger partial charge < -0.3 is 24.2 Å². The highest BCUT2D eigenvalue weighted by atomic mass is 16.6. The smallest absolute Gasteiger partial charge is 0.410 e. The van der Waals surface area contributed by atoms with Gasteiger partial charge in [-0.2, -0.15) is 0 Å². The Balaban J connectivity index is 1.23. The van der Waals surface area contributed by atoms with Gasteiger partial charge in [-0.05, 0) is 88.1 Å². The predicted molar refractivity (Wildman–Crippen MR) is 137 cm³/mol. The van der Waals surface area contributed by atoms with Crippen LogP contribution in [0.25, 0.3) is 0 Å². The van der Waals surface area contributed by atoms with Gasteiger partial charge in [0.25, 0.3) is 5.91 Å². The molecule has 7 nitrogen and oxygen atoms in total. The van der Waals surface area contributed by atoms with Crippen molar-refractivity contribution in [3.05, 3.63) is 53.6 Å². The van der Waals surface area contributed by atoms with Crippen molar-refractivity contribution in [3.63, 3.8) is 0 Å². The van der Waals surface area contributed by atoms with Crippen molar-refractivity contribution in [2.24, 2.45) is 5.41 Å². The van der Waals surface area contributed by atoms with E-state index in [9.17, 15) is 9.59 Å². The maximum absolute atomic E-state index is 13.1. The molecule has 3 aliphatic heterocycles. The van der Waals surface area contributed by atoms with Crippen molar-refractivity contribution in [2.45, 2.75) is 45.6 Å². The Labute approximate surface area is 207 Å². The van der Waals surface area contributed by atoms with E-state index in [1.54, 1.807) is 7.11 Å². The summed E-state index contributed by atoms with van der Waals surface area (Å²) in [7, 11) is 1.65. The summed E-state index contributed by atoms with van der Waals surface area (Å²) in [6.45, 7) is 9.80. The molecular weight excluding hydrogens is 442 g/mol. The van der Waals surface area contributed by atoms with E-state index in [1.165, 1.54) is 0 Å². The molecule has 0 aromatic heterocycles. The summed E-state index contributed by atoms with van der Waals surface area (Å²) in [5.41, 5.74) is 3.53. The van der Waals surface area contributed by atoms with E-state index in [0.29, 0.717) is 6.54 Å². The fourth-order valence-electron chi connectivity index (χ4n) is 5.59. The zero-order valence-corrected chi connectivity index (χ0v) is 21.2. The average molecular weight is 478 g/mol. The van der Waals surface area contributed by atoms with Gasteiger partial charge in [-0.15, -0.1) is 0 Å². The highest BCUT2D eigenvalue weighted by molar-refractivity contribution is 6.08. The molecule has 2 fully saturated rings. The van der Waals surface area contributed by atoms with Crippen LogP contribution in [-0.2, 0) is 11.2 Å². The van der Waals surface area contributed by atoms with Gasteiger partial charge in [-0.1, -0.05) is 0 Å². The number of fused-ring (bicyclic) bond motifs is 1. The highest BCUT2D eigenvalue weighted by Gasteiger charge is 2.45. The Hall–Kier alpha value is -3.22. The lowest BCUT2D eigenvalue weighted by Gasteiger charge is -2.30. The Bertz CT molecular complexity index is 1120. The van der Waals surface area contributed by atoms with Gasteiger partial charge in [-0.25, -0.2) is 4.79 Å². The highest BCUT2D eigenvalue weighted by Crippen LogP contribution is 2.42. The number of methoxy groups -OCH3 is 1. The number of hydrogen-bond acceptors (Lipinski definition) is 5. The maximum atomic E-state index is 13.1. The number of anilines is 2. The monoisotopic (exact) mass is 477 g/mol. The van der Waals surface area contributed by atoms with E-state index in [1.807, 2.05) is 60.9 Å². The molecule has 5 rings (SSSR count). The molecule has 0 aliphatic carbocycles. The molecule has 2 aromatic carbocycles. The number of likely N-dealkylation sites (tertiary alicyclic amines) is 1. The van der Waals surface area contributed by atoms with E-state index in [2.05, 4.69) is 17.0 Å². The second kappa shape index (κ2) is 8.77. The van der Waals surface area contributed by atoms with Gasteiger partial charge in [0.15, 0.2) is 0 Å². The van der Waals surface area contributed by atoms with Gasteiger partial charge in [0.05, 0.1) is 7.11 Å². The van der Waals surface area contributed by atoms with Crippen LogP contribution in [0.15, 0.2) is 42.5 Å². The van der Waals surface area contributed by atoms with E-state index in [4.69, 9.17) is 9.47 Å². The molecule has 0 unspecified atom stereocenters. The summed E-state index contributed by atoms with van der Waals surface area (Å²) < 4.78 is 10.9. The van der Waals surface area contributed by atoms with Crippen LogP contribution in [0.5, 0.6) is 5.75 Å². The third-order valence-electron chi connectivity index (χ3n) is 7.45. The quantitative estimate of drug-likeness (QED) is 0.639. The van der Waals surface area contributed by atoms with Crippen LogP contribution in [-0.4, -0.2) is 62.3 Å². The van der Waals surface area contributed by atoms with Crippen LogP contribution in [0.1, 0.15) is 49.5 Å². The number of amides is 2. The number of carbonyl (C=O) groups is 2. The van der Waals surface area contributed by atoms with Crippen molar-refractivity contribution >= 4 is 23.4 Å². The Morgan fingerprint density at radius 2 is 1.66 bits per heavy atom. The van der Waals surface area contributed by atoms with Crippen molar-refractivity contribution in [1.29, 1.82) is 0 Å². The van der Waals surface area contributed by atoms with Crippen molar-refractivity contribution in [3.8, 4) is 5.75 Å². The summed E-state index contributed by atoms with van der Waals surface area (Å²) in [4.78, 5) is 31.8. The topological polar surface area (TPSA) is 62.3 Å². The van der Waals surface area contributed by atoms with Gasteiger partial charge in [0, 0.05) is 55.1 Å². The zero-order chi connectivity index (χ0) is 24.8. The van der Waals surface area contributed by atoms with Gasteiger partial charge in [0.2, 0.25) is 0 Å². The first-order valence-electron chi connectivity index (χ1n) is 12.5. The molecule has 0 saturated carbocycles. The summed E-state index contributed by atoms with van der Waals surface area (Å²) in [6, 6.07) is 14.0. The Kier molecular flexibility index (Phi) is 5.90. The molecule has 3 heterocycles. The van der Waals surface area contributed by atoms with Crippen LogP contribution < -0.4 is 14.5 Å². The molecule has 0 N–H and O–H groups in total. The normalized spacial score (nSPS) is 22.1. The molecule has 35 heavy (non-hydrogen) atoms. The predicted octanol–water partition coefficient (Wildman–Crippen LogP) is 4.74. The van der Waals surface area contributed by atoms with E-state index < -0.39 is 5.60 Å². The summed E-state index contributed by atoms with van der Waals surface area (Å²) in [5.74, 6) is 0.823. The zero-order valence-electron chi connectivity index (χ0n) is 21.2. The molecule has 1 atom stereocenters. The maximum Gasteiger partial charge on any atom is 0.410 e. The van der Waals surface area contributed by atoms with Crippen LogP contribution in [0, 0.1) is 5.41 Å². The number of nitrogens with zero attached hydrogens (tertiary/aromatic N) is 3. The number of carbonyl (C=O) groups excluding carboxylic acids is 2. The largest absolute Gasteiger partial charge is 0.497 e. The summed E-state index contributed by atoms with van der Waals surface area (Å²) >= 11 is 0. The van der Waals surface area contributed by atoms with Gasteiger partial charge >= 0.3 is 6.09 Å². The molecule has 2 aromatic rings. The summed E-state index contributed by atoms with van der Waals surface area (Å²) in [5, 5.41) is 0. The lowest BCUT2D eigenvalue weighted by atomic mass is 9.86. The first kappa shape index (κ1) is 23.5. The summed E-state index contributed by atoms with van der Waals surface area (Å²) in [6.07, 6.45) is 2.68. The van der Waals surface area contributed by atoms with Gasteiger partial charge in [0.1, 0.15) is 11.4 Å². The first-order valence-corrected chi connectivity index (χ1v) is 12.5. The minimum atomic E-state index is -0.471. The Morgan fingerprint density at radius 3 is 2.37 bits per heavy atom. The molecule has 1 spiro atoms. The molecule has 7 heteroatoms. The SMILES string of the molecule is COc1ccc2c(c1)CCN(c1ccc(N3CC[C@]4(CCN(C(=O)OC(C)(C)C)C4)C3)cc1)C2=O. The fraction of sp³-hybridized carbons (Fsp3) is 0.500. The molecule has 186 valence electrons. The van der Waals surface area contributed by atoms with E-state index >= 15 is 0 Å². The third kappa shape index (κ3) is 4.68. The number of ether oxygens (including phenoxy) is 2. The van der Waals surface area contributed by atoms with Crippen LogP contribution in [0.3, 0.4) is 0 Å². The number of benzene rings is 2. The van der Waals surface area contributed by atoms with Crippen LogP contribution in [0.4, 0.5) is 16.2 Å². The second-order valence-corrected chi connectivity index (χ2v) is 11.1. The van der Waals surface area contributed by atoms with Crippen molar-refractivity contribution < 1.29 is 19.1 Å². The second-order valence-electron chi connectivity index (χ2n) is 11.1. The Morgan fingerprint density at radius 1 is 0.943 bits per heavy atom. The molecule has 2 amide bonds. The average Bonchev–Trinajstić information content (AvgIpc) is 3.45. The third-order valence-corrected chi connectivity index (χ3v) is 7.45. The molecular formula is C28H35N3O4. The minimum Gasteiger partial charge on any atom is -0.497 e. The van der Waals surface area contributed by atoms with Crippen molar-refractivity contribution in [2.75, 3.05) is 49.6 Å². The molecule has 0 radical (unpaired) electrons. The lowest BCUT2D eigenvalue weighted by molar-refractivity contribution is 0.0276. The number of rotatable bonds is 3. The van der Waals surface area contributed by atoms with Crippen LogP contribution in [0.2, 0.25) is 0 Å².